The molecule has 0 saturated carbocycles. The third kappa shape index (κ3) is 1.86. The number of nitrogens with one attached hydrogen (secondary N) is 3. The standard InChI is InChI=1S/C15H14N6O/c1-7-5-9-13(16)20-21-15(9)19-14(7)18-11-4-2-3-10-8(11)6-12(22)17-10/h2-5H,6H2,1H3,(H,17,22)(H4,16,18,19,20,21). The molecule has 5 N–H and O–H groups in total. The summed E-state index contributed by atoms with van der Waals surface area (Å²) in [7, 11) is 0. The SMILES string of the molecule is Cc1cc2c(N)[nH]nc2nc1Nc1cccc2c1CC(=O)N2. The number of fused-ring (bicyclic) bond motifs is 2. The number of benzene rings is 1. The van der Waals surface area contributed by atoms with Gasteiger partial charge in [-0.1, -0.05) is 6.07 Å². The molecule has 0 unspecified atom stereocenters. The van der Waals surface area contributed by atoms with E-state index in [0.29, 0.717) is 23.7 Å². The minimum Gasteiger partial charge on any atom is -0.384 e. The number of nitrogen functional groups attached to an aromatic ring is 1. The van der Waals surface area contributed by atoms with Crippen molar-refractivity contribution in [3.63, 3.8) is 0 Å². The van der Waals surface area contributed by atoms with E-state index in [1.54, 1.807) is 0 Å². The largest absolute Gasteiger partial charge is 0.384 e. The van der Waals surface area contributed by atoms with Crippen molar-refractivity contribution in [3.8, 4) is 0 Å². The molecular weight excluding hydrogens is 280 g/mol. The number of aromatic amines is 1. The molecule has 0 aliphatic carbocycles. The lowest BCUT2D eigenvalue weighted by atomic mass is 10.1. The van der Waals surface area contributed by atoms with Gasteiger partial charge in [0.1, 0.15) is 11.6 Å². The number of amides is 1. The van der Waals surface area contributed by atoms with Crippen LogP contribution in [0.2, 0.25) is 0 Å². The van der Waals surface area contributed by atoms with E-state index in [1.165, 1.54) is 0 Å². The molecule has 3 aromatic rings. The third-order valence-electron chi connectivity index (χ3n) is 3.81. The third-order valence-corrected chi connectivity index (χ3v) is 3.81. The highest BCUT2D eigenvalue weighted by atomic mass is 16.1. The molecule has 0 saturated heterocycles. The quantitative estimate of drug-likeness (QED) is 0.578. The fourth-order valence-corrected chi connectivity index (χ4v) is 2.68. The predicted molar refractivity (Wildman–Crippen MR) is 85.1 cm³/mol. The fourth-order valence-electron chi connectivity index (χ4n) is 2.68. The normalized spacial score (nSPS) is 13.2. The van der Waals surface area contributed by atoms with E-state index < -0.39 is 0 Å². The van der Waals surface area contributed by atoms with Gasteiger partial charge in [-0.3, -0.25) is 9.89 Å². The van der Waals surface area contributed by atoms with Crippen LogP contribution in [0.1, 0.15) is 11.1 Å². The first-order chi connectivity index (χ1) is 10.6. The van der Waals surface area contributed by atoms with Crippen molar-refractivity contribution in [2.24, 2.45) is 0 Å². The number of nitrogens with zero attached hydrogens (tertiary/aromatic N) is 2. The Kier molecular flexibility index (Phi) is 2.56. The van der Waals surface area contributed by atoms with Gasteiger partial charge in [0.2, 0.25) is 5.91 Å². The summed E-state index contributed by atoms with van der Waals surface area (Å²) in [5.41, 5.74) is 10.00. The molecule has 2 aromatic heterocycles. The first-order valence-electron chi connectivity index (χ1n) is 6.92. The van der Waals surface area contributed by atoms with Gasteiger partial charge in [-0.2, -0.15) is 5.10 Å². The second kappa shape index (κ2) is 4.45. The monoisotopic (exact) mass is 294 g/mol. The first-order valence-corrected chi connectivity index (χ1v) is 6.92. The number of nitrogens with two attached hydrogens (primary N) is 1. The summed E-state index contributed by atoms with van der Waals surface area (Å²) >= 11 is 0. The van der Waals surface area contributed by atoms with Gasteiger partial charge < -0.3 is 16.4 Å². The summed E-state index contributed by atoms with van der Waals surface area (Å²) in [5, 5.41) is 13.7. The summed E-state index contributed by atoms with van der Waals surface area (Å²) in [6.07, 6.45) is 0.370. The molecule has 1 aromatic carbocycles. The highest BCUT2D eigenvalue weighted by molar-refractivity contribution is 6.01. The van der Waals surface area contributed by atoms with Gasteiger partial charge in [0, 0.05) is 16.9 Å². The number of carbonyl (C=O) groups excluding carboxylic acids is 1. The Balaban J connectivity index is 1.77. The Morgan fingerprint density at radius 2 is 2.23 bits per heavy atom. The number of aryl methyl sites for hydroxylation is 1. The van der Waals surface area contributed by atoms with Crippen molar-refractivity contribution in [2.45, 2.75) is 13.3 Å². The molecule has 0 radical (unpaired) electrons. The van der Waals surface area contributed by atoms with E-state index in [1.807, 2.05) is 31.2 Å². The van der Waals surface area contributed by atoms with Gasteiger partial charge in [-0.25, -0.2) is 4.98 Å². The number of carbonyl (C=O) groups is 1. The molecule has 0 spiro atoms. The molecule has 110 valence electrons. The van der Waals surface area contributed by atoms with Crippen LogP contribution in [0.5, 0.6) is 0 Å². The molecular formula is C15H14N6O. The average Bonchev–Trinajstić information content (AvgIpc) is 3.03. The zero-order chi connectivity index (χ0) is 15.3. The van der Waals surface area contributed by atoms with Crippen LogP contribution in [-0.4, -0.2) is 21.1 Å². The van der Waals surface area contributed by atoms with Crippen LogP contribution in [0.25, 0.3) is 11.0 Å². The first kappa shape index (κ1) is 12.6. The maximum absolute atomic E-state index is 11.6. The summed E-state index contributed by atoms with van der Waals surface area (Å²) in [6.45, 7) is 1.95. The topological polar surface area (TPSA) is 109 Å². The molecule has 22 heavy (non-hydrogen) atoms. The fraction of sp³-hybridized carbons (Fsp3) is 0.133. The lowest BCUT2D eigenvalue weighted by molar-refractivity contribution is -0.115. The number of hydrogen-bond acceptors (Lipinski definition) is 5. The molecule has 0 atom stereocenters. The second-order valence-electron chi connectivity index (χ2n) is 5.34. The van der Waals surface area contributed by atoms with Crippen LogP contribution in [0.4, 0.5) is 23.0 Å². The van der Waals surface area contributed by atoms with E-state index in [0.717, 1.165) is 27.9 Å². The van der Waals surface area contributed by atoms with Gasteiger partial charge in [0.25, 0.3) is 0 Å². The lowest BCUT2D eigenvalue weighted by Gasteiger charge is -2.11. The Bertz CT molecular complexity index is 914. The summed E-state index contributed by atoms with van der Waals surface area (Å²) < 4.78 is 0. The number of hydrogen-bond donors (Lipinski definition) is 4. The molecule has 4 rings (SSSR count). The van der Waals surface area contributed by atoms with Crippen molar-refractivity contribution in [2.75, 3.05) is 16.4 Å². The Labute approximate surface area is 125 Å². The highest BCUT2D eigenvalue weighted by Gasteiger charge is 2.21. The van der Waals surface area contributed by atoms with Crippen LogP contribution in [0.15, 0.2) is 24.3 Å². The number of anilines is 4. The van der Waals surface area contributed by atoms with E-state index in [2.05, 4.69) is 25.8 Å². The zero-order valence-electron chi connectivity index (χ0n) is 11.9. The molecule has 3 heterocycles. The summed E-state index contributed by atoms with van der Waals surface area (Å²) in [5.74, 6) is 1.21. The Hall–Kier alpha value is -3.09. The summed E-state index contributed by atoms with van der Waals surface area (Å²) in [6, 6.07) is 7.66. The van der Waals surface area contributed by atoms with Crippen LogP contribution in [0, 0.1) is 6.92 Å². The van der Waals surface area contributed by atoms with Crippen LogP contribution >= 0.6 is 0 Å². The van der Waals surface area contributed by atoms with E-state index in [4.69, 9.17) is 5.73 Å². The highest BCUT2D eigenvalue weighted by Crippen LogP contribution is 2.32. The minimum atomic E-state index is 0.00413. The van der Waals surface area contributed by atoms with Crippen molar-refractivity contribution < 1.29 is 4.79 Å². The Morgan fingerprint density at radius 3 is 3.09 bits per heavy atom. The number of H-pyrrole nitrogens is 1. The number of aromatic nitrogens is 3. The van der Waals surface area contributed by atoms with Crippen LogP contribution in [-0.2, 0) is 11.2 Å². The zero-order valence-corrected chi connectivity index (χ0v) is 11.9. The van der Waals surface area contributed by atoms with Crippen molar-refractivity contribution >= 4 is 40.0 Å². The number of pyridine rings is 1. The molecule has 1 aliphatic heterocycles. The van der Waals surface area contributed by atoms with E-state index >= 15 is 0 Å². The molecule has 0 bridgehead atoms. The molecule has 0 fully saturated rings. The smallest absolute Gasteiger partial charge is 0.228 e. The van der Waals surface area contributed by atoms with Crippen molar-refractivity contribution in [1.82, 2.24) is 15.2 Å². The van der Waals surface area contributed by atoms with Crippen LogP contribution < -0.4 is 16.4 Å². The molecule has 7 heteroatoms. The minimum absolute atomic E-state index is 0.00413. The van der Waals surface area contributed by atoms with Crippen molar-refractivity contribution in [1.29, 1.82) is 0 Å². The lowest BCUT2D eigenvalue weighted by Crippen LogP contribution is -2.03. The molecule has 7 nitrogen and oxygen atoms in total. The molecule has 1 amide bonds. The molecule has 1 aliphatic rings. The Morgan fingerprint density at radius 1 is 1.36 bits per heavy atom. The van der Waals surface area contributed by atoms with Crippen LogP contribution in [0.3, 0.4) is 0 Å². The summed E-state index contributed by atoms with van der Waals surface area (Å²) in [4.78, 5) is 16.1. The van der Waals surface area contributed by atoms with Gasteiger partial charge in [0.15, 0.2) is 5.65 Å². The number of rotatable bonds is 2. The van der Waals surface area contributed by atoms with E-state index in [-0.39, 0.29) is 5.91 Å². The maximum Gasteiger partial charge on any atom is 0.228 e. The van der Waals surface area contributed by atoms with Gasteiger partial charge in [0.05, 0.1) is 11.8 Å². The van der Waals surface area contributed by atoms with Gasteiger partial charge >= 0.3 is 0 Å². The van der Waals surface area contributed by atoms with E-state index in [9.17, 15) is 4.79 Å². The average molecular weight is 294 g/mol. The van der Waals surface area contributed by atoms with Crippen molar-refractivity contribution in [3.05, 3.63) is 35.4 Å². The maximum atomic E-state index is 11.6. The van der Waals surface area contributed by atoms with Gasteiger partial charge in [-0.15, -0.1) is 0 Å². The predicted octanol–water partition coefficient (Wildman–Crippen LogP) is 2.09. The second-order valence-corrected chi connectivity index (χ2v) is 5.34. The van der Waals surface area contributed by atoms with Gasteiger partial charge in [-0.05, 0) is 30.7 Å².